The van der Waals surface area contributed by atoms with Gasteiger partial charge in [0.1, 0.15) is 11.9 Å². The van der Waals surface area contributed by atoms with E-state index in [0.29, 0.717) is 18.5 Å². The lowest BCUT2D eigenvalue weighted by atomic mass is 10.1. The second kappa shape index (κ2) is 11.3. The number of nitrogens with two attached hydrogens (primary N) is 2. The van der Waals surface area contributed by atoms with Crippen LogP contribution in [0, 0.1) is 0 Å². The highest BCUT2D eigenvalue weighted by Crippen LogP contribution is 2.16. The van der Waals surface area contributed by atoms with Gasteiger partial charge in [0.25, 0.3) is 11.5 Å². The quantitative estimate of drug-likeness (QED) is 0.224. The number of aromatic nitrogens is 2. The third-order valence-corrected chi connectivity index (χ3v) is 4.73. The lowest BCUT2D eigenvalue weighted by Gasteiger charge is -2.18. The first kappa shape index (κ1) is 24.8. The monoisotopic (exact) mass is 460 g/mol. The number of H-pyrrole nitrogens is 1. The molecule has 33 heavy (non-hydrogen) atoms. The molecule has 2 aromatic rings. The average molecular weight is 460 g/mol. The minimum atomic E-state index is -1.35. The van der Waals surface area contributed by atoms with E-state index in [1.807, 2.05) is 0 Å². The van der Waals surface area contributed by atoms with Crippen LogP contribution < -0.4 is 27.2 Å². The molecule has 0 aliphatic heterocycles. The third kappa shape index (κ3) is 7.05. The van der Waals surface area contributed by atoms with Gasteiger partial charge in [-0.15, -0.1) is 0 Å². The van der Waals surface area contributed by atoms with Crippen LogP contribution in [0.25, 0.3) is 0 Å². The van der Waals surface area contributed by atoms with Crippen molar-refractivity contribution >= 4 is 41.7 Å². The van der Waals surface area contributed by atoms with Crippen molar-refractivity contribution in [2.45, 2.75) is 31.7 Å². The Bertz CT molecular complexity index is 1080. The lowest BCUT2D eigenvalue weighted by molar-refractivity contribution is -0.140. The summed E-state index contributed by atoms with van der Waals surface area (Å²) < 4.78 is 0. The molecule has 0 bridgehead atoms. The zero-order valence-electron chi connectivity index (χ0n) is 17.5. The molecule has 1 atom stereocenters. The van der Waals surface area contributed by atoms with E-state index in [9.17, 15) is 24.0 Å². The molecule has 1 aromatic carbocycles. The predicted molar refractivity (Wildman–Crippen MR) is 118 cm³/mol. The van der Waals surface area contributed by atoms with E-state index in [0.717, 1.165) is 0 Å². The molecule has 0 aliphatic rings. The van der Waals surface area contributed by atoms with Gasteiger partial charge in [0.2, 0.25) is 12.4 Å². The number of nitrogens with one attached hydrogen (secondary N) is 2. The van der Waals surface area contributed by atoms with Crippen molar-refractivity contribution in [2.24, 2.45) is 0 Å². The summed E-state index contributed by atoms with van der Waals surface area (Å²) >= 11 is 0. The molecule has 0 spiro atoms. The lowest BCUT2D eigenvalue weighted by Crippen LogP contribution is -2.41. The van der Waals surface area contributed by atoms with Gasteiger partial charge in [-0.1, -0.05) is 0 Å². The Hall–Kier alpha value is -4.42. The highest BCUT2D eigenvalue weighted by Gasteiger charge is 2.21. The molecule has 2 rings (SSSR count). The number of benzene rings is 1. The van der Waals surface area contributed by atoms with Crippen LogP contribution in [0.1, 0.15) is 35.2 Å². The topological polar surface area (TPSA) is 222 Å². The standard InChI is InChI=1S/C20H24N6O7/c21-16-13(18(31)25-20(22)24-16)2-1-9-26(10-27)12-5-3-11(4-6-12)17(30)23-14(19(32)33)7-8-15(28)29/h3-6,10,14H,1-2,7-9H2,(H,23,30)(H,28,29)(H,32,33)(H5,21,22,24,25,31)/t14-/m0/s1. The van der Waals surface area contributed by atoms with Gasteiger partial charge in [0, 0.05) is 24.2 Å². The molecule has 0 saturated heterocycles. The maximum atomic E-state index is 12.3. The number of hydrogen-bond donors (Lipinski definition) is 6. The Morgan fingerprint density at radius 2 is 1.85 bits per heavy atom. The van der Waals surface area contributed by atoms with Gasteiger partial charge in [-0.3, -0.25) is 24.2 Å². The third-order valence-electron chi connectivity index (χ3n) is 4.73. The van der Waals surface area contributed by atoms with Crippen molar-refractivity contribution in [1.82, 2.24) is 15.3 Å². The van der Waals surface area contributed by atoms with E-state index in [4.69, 9.17) is 21.7 Å². The van der Waals surface area contributed by atoms with Crippen molar-refractivity contribution in [2.75, 3.05) is 22.9 Å². The SMILES string of the molecule is Nc1nc(N)c(CCCN(C=O)c2ccc(C(=O)N[C@@H](CCC(=O)O)C(=O)O)cc2)c(=O)[nH]1. The molecule has 0 saturated carbocycles. The van der Waals surface area contributed by atoms with Gasteiger partial charge >= 0.3 is 11.9 Å². The molecule has 176 valence electrons. The second-order valence-corrected chi connectivity index (χ2v) is 7.06. The Morgan fingerprint density at radius 3 is 2.39 bits per heavy atom. The van der Waals surface area contributed by atoms with Gasteiger partial charge < -0.3 is 31.9 Å². The van der Waals surface area contributed by atoms with Crippen LogP contribution in [0.15, 0.2) is 29.1 Å². The van der Waals surface area contributed by atoms with E-state index in [1.54, 1.807) is 0 Å². The van der Waals surface area contributed by atoms with E-state index in [-0.39, 0.29) is 42.3 Å². The number of carbonyl (C=O) groups excluding carboxylic acids is 2. The minimum absolute atomic E-state index is 0.0206. The number of amides is 2. The molecule has 13 nitrogen and oxygen atoms in total. The summed E-state index contributed by atoms with van der Waals surface area (Å²) in [5.41, 5.74) is 11.6. The molecule has 1 heterocycles. The molecule has 1 aromatic heterocycles. The Kier molecular flexibility index (Phi) is 8.49. The maximum absolute atomic E-state index is 12.3. The summed E-state index contributed by atoms with van der Waals surface area (Å²) in [5.74, 6) is -3.27. The molecule has 0 fully saturated rings. The summed E-state index contributed by atoms with van der Waals surface area (Å²) in [7, 11) is 0. The Labute approximate surface area is 187 Å². The largest absolute Gasteiger partial charge is 0.481 e. The smallest absolute Gasteiger partial charge is 0.326 e. The van der Waals surface area contributed by atoms with Gasteiger partial charge in [-0.2, -0.15) is 4.98 Å². The fraction of sp³-hybridized carbons (Fsp3) is 0.300. The average Bonchev–Trinajstić information content (AvgIpc) is 2.75. The highest BCUT2D eigenvalue weighted by molar-refractivity contribution is 5.97. The molecule has 2 amide bonds. The molecule has 8 N–H and O–H groups in total. The van der Waals surface area contributed by atoms with E-state index >= 15 is 0 Å². The number of anilines is 3. The van der Waals surface area contributed by atoms with Gasteiger partial charge in [-0.05, 0) is 43.5 Å². The fourth-order valence-corrected chi connectivity index (χ4v) is 3.01. The predicted octanol–water partition coefficient (Wildman–Crippen LogP) is -0.422. The van der Waals surface area contributed by atoms with Gasteiger partial charge in [0.05, 0.1) is 5.56 Å². The number of nitrogens with zero attached hydrogens (tertiary/aromatic N) is 2. The Morgan fingerprint density at radius 1 is 1.18 bits per heavy atom. The van der Waals surface area contributed by atoms with Crippen molar-refractivity contribution in [3.8, 4) is 0 Å². The van der Waals surface area contributed by atoms with Crippen LogP contribution in [0.3, 0.4) is 0 Å². The number of nitrogen functional groups attached to an aromatic ring is 2. The van der Waals surface area contributed by atoms with Crippen LogP contribution in [0.5, 0.6) is 0 Å². The van der Waals surface area contributed by atoms with E-state index in [2.05, 4.69) is 15.3 Å². The maximum Gasteiger partial charge on any atom is 0.326 e. The number of hydrogen-bond acceptors (Lipinski definition) is 8. The number of aliphatic carboxylic acids is 2. The first-order valence-electron chi connectivity index (χ1n) is 9.84. The van der Waals surface area contributed by atoms with Crippen LogP contribution in [0.2, 0.25) is 0 Å². The molecule has 0 aliphatic carbocycles. The van der Waals surface area contributed by atoms with Crippen LogP contribution in [-0.2, 0) is 20.8 Å². The number of aromatic amines is 1. The fourth-order valence-electron chi connectivity index (χ4n) is 3.01. The van der Waals surface area contributed by atoms with Crippen LogP contribution >= 0.6 is 0 Å². The first-order chi connectivity index (χ1) is 15.6. The minimum Gasteiger partial charge on any atom is -0.481 e. The Balaban J connectivity index is 1.99. The number of carboxylic acids is 2. The van der Waals surface area contributed by atoms with Gasteiger partial charge in [0.15, 0.2) is 0 Å². The number of carboxylic acid groups (broad SMARTS) is 2. The van der Waals surface area contributed by atoms with Crippen molar-refractivity contribution in [1.29, 1.82) is 0 Å². The van der Waals surface area contributed by atoms with Gasteiger partial charge in [-0.25, -0.2) is 4.79 Å². The number of carbonyl (C=O) groups is 4. The zero-order valence-corrected chi connectivity index (χ0v) is 17.5. The molecule has 0 unspecified atom stereocenters. The summed E-state index contributed by atoms with van der Waals surface area (Å²) in [6, 6.07) is 4.47. The molecule has 0 radical (unpaired) electrons. The van der Waals surface area contributed by atoms with E-state index in [1.165, 1.54) is 29.2 Å². The summed E-state index contributed by atoms with van der Waals surface area (Å²) in [6.07, 6.45) is 0.574. The summed E-state index contributed by atoms with van der Waals surface area (Å²) in [6.45, 7) is 0.245. The van der Waals surface area contributed by atoms with Crippen molar-refractivity contribution in [3.05, 3.63) is 45.7 Å². The van der Waals surface area contributed by atoms with Crippen molar-refractivity contribution < 1.29 is 29.4 Å². The molecule has 13 heteroatoms. The van der Waals surface area contributed by atoms with Crippen molar-refractivity contribution in [3.63, 3.8) is 0 Å². The first-order valence-corrected chi connectivity index (χ1v) is 9.84. The summed E-state index contributed by atoms with van der Waals surface area (Å²) in [5, 5.41) is 20.1. The zero-order chi connectivity index (χ0) is 24.5. The van der Waals surface area contributed by atoms with E-state index < -0.39 is 35.9 Å². The normalized spacial score (nSPS) is 11.4. The molecular formula is C20H24N6O7. The summed E-state index contributed by atoms with van der Waals surface area (Å²) in [4.78, 5) is 65.1. The molecular weight excluding hydrogens is 436 g/mol. The number of rotatable bonds is 12. The second-order valence-electron chi connectivity index (χ2n) is 7.06. The van der Waals surface area contributed by atoms with Crippen LogP contribution in [0.4, 0.5) is 17.5 Å². The van der Waals surface area contributed by atoms with Crippen LogP contribution in [-0.4, -0.2) is 57.0 Å². The highest BCUT2D eigenvalue weighted by atomic mass is 16.4.